The van der Waals surface area contributed by atoms with Crippen LogP contribution in [-0.2, 0) is 0 Å². The van der Waals surface area contributed by atoms with Crippen LogP contribution >= 0.6 is 11.3 Å². The Labute approximate surface area is 184 Å². The van der Waals surface area contributed by atoms with Crippen LogP contribution in [0.4, 0.5) is 0 Å². The molecule has 4 aromatic carbocycles. The van der Waals surface area contributed by atoms with Gasteiger partial charge in [-0.1, -0.05) is 35.9 Å². The minimum atomic E-state index is 0.662. The quantitative estimate of drug-likeness (QED) is 0.281. The van der Waals surface area contributed by atoms with Crippen LogP contribution in [0, 0.1) is 20.8 Å². The highest BCUT2D eigenvalue weighted by atomic mass is 32.1. The topological polar surface area (TPSA) is 26.0 Å². The average molecular weight is 420 g/mol. The summed E-state index contributed by atoms with van der Waals surface area (Å²) in [5.74, 6) is 0.662. The molecule has 3 heteroatoms. The summed E-state index contributed by atoms with van der Waals surface area (Å²) < 4.78 is 8.74. The summed E-state index contributed by atoms with van der Waals surface area (Å²) >= 11 is 1.89. The van der Waals surface area contributed by atoms with E-state index in [0.717, 1.165) is 16.7 Å². The minimum Gasteiger partial charge on any atom is -0.436 e. The first-order valence-corrected chi connectivity index (χ1v) is 11.3. The minimum absolute atomic E-state index is 0.662. The van der Waals surface area contributed by atoms with Crippen LogP contribution < -0.4 is 0 Å². The highest BCUT2D eigenvalue weighted by Gasteiger charge is 2.15. The Morgan fingerprint density at radius 3 is 2.29 bits per heavy atom. The number of rotatable bonds is 2. The van der Waals surface area contributed by atoms with E-state index in [0.29, 0.717) is 5.89 Å². The van der Waals surface area contributed by atoms with E-state index >= 15 is 0 Å². The molecule has 0 fully saturated rings. The predicted molar refractivity (Wildman–Crippen MR) is 132 cm³/mol. The van der Waals surface area contributed by atoms with Crippen molar-refractivity contribution in [3.8, 4) is 22.6 Å². The number of hydrogen-bond acceptors (Lipinski definition) is 3. The van der Waals surface area contributed by atoms with E-state index in [2.05, 4.69) is 74.3 Å². The zero-order chi connectivity index (χ0) is 21.1. The first-order valence-electron chi connectivity index (χ1n) is 10.5. The monoisotopic (exact) mass is 419 g/mol. The van der Waals surface area contributed by atoms with E-state index in [1.807, 2.05) is 35.6 Å². The zero-order valence-corrected chi connectivity index (χ0v) is 18.5. The average Bonchev–Trinajstić information content (AvgIpc) is 3.35. The van der Waals surface area contributed by atoms with Crippen molar-refractivity contribution in [2.45, 2.75) is 20.8 Å². The van der Waals surface area contributed by atoms with Gasteiger partial charge >= 0.3 is 0 Å². The summed E-state index contributed by atoms with van der Waals surface area (Å²) in [7, 11) is 0. The molecule has 0 saturated heterocycles. The first kappa shape index (κ1) is 18.3. The lowest BCUT2D eigenvalue weighted by Crippen LogP contribution is -1.84. The number of aromatic nitrogens is 1. The standard InChI is InChI=1S/C28H21NOS/c1-16-11-18(3)26-22(13-16)23-14-17(2)12-21(27(23)31-26)19-7-6-8-20(15-19)28-29-24-9-4-5-10-25(24)30-28/h4-15H,1-3H3. The molecule has 0 aliphatic heterocycles. The number of thiophene rings is 1. The number of benzene rings is 4. The van der Waals surface area contributed by atoms with Crippen molar-refractivity contribution in [2.24, 2.45) is 0 Å². The lowest BCUT2D eigenvalue weighted by atomic mass is 9.98. The molecular weight excluding hydrogens is 398 g/mol. The molecule has 0 amide bonds. The molecule has 0 bridgehead atoms. The SMILES string of the molecule is Cc1cc(C)c2sc3c(-c4cccc(-c5nc6ccccc6o5)c4)cc(C)cc3c2c1. The normalized spacial score (nSPS) is 11.7. The third-order valence-corrected chi connectivity index (χ3v) is 7.25. The van der Waals surface area contributed by atoms with Gasteiger partial charge in [0.05, 0.1) is 0 Å². The number of nitrogens with zero attached hydrogens (tertiary/aromatic N) is 1. The molecule has 2 nitrogen and oxygen atoms in total. The Hall–Kier alpha value is -3.43. The fraction of sp³-hybridized carbons (Fsp3) is 0.107. The highest BCUT2D eigenvalue weighted by molar-refractivity contribution is 7.26. The van der Waals surface area contributed by atoms with Crippen molar-refractivity contribution in [1.29, 1.82) is 0 Å². The molecular formula is C28H21NOS. The summed E-state index contributed by atoms with van der Waals surface area (Å²) in [6.45, 7) is 6.57. The lowest BCUT2D eigenvalue weighted by Gasteiger charge is -2.07. The molecule has 0 saturated carbocycles. The third kappa shape index (κ3) is 2.96. The van der Waals surface area contributed by atoms with Gasteiger partial charge in [-0.25, -0.2) is 4.98 Å². The highest BCUT2D eigenvalue weighted by Crippen LogP contribution is 2.43. The van der Waals surface area contributed by atoms with Crippen LogP contribution in [0.25, 0.3) is 53.9 Å². The van der Waals surface area contributed by atoms with Crippen molar-refractivity contribution < 1.29 is 4.42 Å². The van der Waals surface area contributed by atoms with Crippen molar-refractivity contribution in [1.82, 2.24) is 4.98 Å². The molecule has 0 atom stereocenters. The van der Waals surface area contributed by atoms with Gasteiger partial charge in [0.15, 0.2) is 5.58 Å². The largest absolute Gasteiger partial charge is 0.436 e. The molecule has 0 aliphatic carbocycles. The summed E-state index contributed by atoms with van der Waals surface area (Å²) in [6.07, 6.45) is 0. The number of aryl methyl sites for hydroxylation is 3. The van der Waals surface area contributed by atoms with Gasteiger partial charge in [-0.2, -0.15) is 0 Å². The number of oxazole rings is 1. The Kier molecular flexibility index (Phi) is 4.02. The van der Waals surface area contributed by atoms with Crippen LogP contribution in [0.15, 0.2) is 77.2 Å². The number of para-hydroxylation sites is 2. The fourth-order valence-electron chi connectivity index (χ4n) is 4.51. The van der Waals surface area contributed by atoms with Crippen molar-refractivity contribution in [2.75, 3.05) is 0 Å². The second-order valence-corrected chi connectivity index (χ2v) is 9.34. The van der Waals surface area contributed by atoms with Gasteiger partial charge in [0.25, 0.3) is 0 Å². The Morgan fingerprint density at radius 1 is 0.710 bits per heavy atom. The van der Waals surface area contributed by atoms with Gasteiger partial charge in [-0.15, -0.1) is 11.3 Å². The van der Waals surface area contributed by atoms with Crippen molar-refractivity contribution >= 4 is 42.6 Å². The van der Waals surface area contributed by atoms with Gasteiger partial charge in [-0.05, 0) is 85.5 Å². The maximum atomic E-state index is 6.02. The van der Waals surface area contributed by atoms with E-state index in [1.54, 1.807) is 0 Å². The fourth-order valence-corrected chi connectivity index (χ4v) is 5.77. The Morgan fingerprint density at radius 2 is 1.45 bits per heavy atom. The Bertz CT molecular complexity index is 1590. The Balaban J connectivity index is 1.58. The summed E-state index contributed by atoms with van der Waals surface area (Å²) in [5, 5.41) is 2.70. The van der Waals surface area contributed by atoms with Crippen LogP contribution in [0.1, 0.15) is 16.7 Å². The van der Waals surface area contributed by atoms with Crippen LogP contribution in [0.5, 0.6) is 0 Å². The molecule has 6 rings (SSSR count). The van der Waals surface area contributed by atoms with E-state index in [1.165, 1.54) is 48.0 Å². The van der Waals surface area contributed by atoms with Crippen molar-refractivity contribution in [3.05, 3.63) is 89.5 Å². The molecule has 6 aromatic rings. The van der Waals surface area contributed by atoms with Crippen LogP contribution in [-0.4, -0.2) is 4.98 Å². The maximum Gasteiger partial charge on any atom is 0.227 e. The van der Waals surface area contributed by atoms with E-state index in [9.17, 15) is 0 Å². The molecule has 2 heterocycles. The lowest BCUT2D eigenvalue weighted by molar-refractivity contribution is 0.620. The molecule has 150 valence electrons. The van der Waals surface area contributed by atoms with Crippen LogP contribution in [0.2, 0.25) is 0 Å². The zero-order valence-electron chi connectivity index (χ0n) is 17.7. The second-order valence-electron chi connectivity index (χ2n) is 8.32. The van der Waals surface area contributed by atoms with Gasteiger partial charge < -0.3 is 4.42 Å². The first-order chi connectivity index (χ1) is 15.1. The third-order valence-electron chi connectivity index (χ3n) is 5.86. The molecule has 0 radical (unpaired) electrons. The van der Waals surface area contributed by atoms with Gasteiger partial charge in [0.2, 0.25) is 5.89 Å². The predicted octanol–water partition coefficient (Wildman–Crippen LogP) is 8.45. The molecule has 2 aromatic heterocycles. The van der Waals surface area contributed by atoms with Gasteiger partial charge in [-0.3, -0.25) is 0 Å². The molecule has 0 aliphatic rings. The second kappa shape index (κ2) is 6.79. The number of fused-ring (bicyclic) bond motifs is 4. The summed E-state index contributed by atoms with van der Waals surface area (Å²) in [4.78, 5) is 4.69. The molecule has 0 spiro atoms. The molecule has 0 unspecified atom stereocenters. The molecule has 31 heavy (non-hydrogen) atoms. The summed E-state index contributed by atoms with van der Waals surface area (Å²) in [6, 6.07) is 25.7. The number of hydrogen-bond donors (Lipinski definition) is 0. The van der Waals surface area contributed by atoms with E-state index < -0.39 is 0 Å². The maximum absolute atomic E-state index is 6.02. The van der Waals surface area contributed by atoms with E-state index in [-0.39, 0.29) is 0 Å². The van der Waals surface area contributed by atoms with Gasteiger partial charge in [0.1, 0.15) is 5.52 Å². The van der Waals surface area contributed by atoms with Crippen molar-refractivity contribution in [3.63, 3.8) is 0 Å². The summed E-state index contributed by atoms with van der Waals surface area (Å²) in [5.41, 5.74) is 9.09. The smallest absolute Gasteiger partial charge is 0.227 e. The van der Waals surface area contributed by atoms with Crippen LogP contribution in [0.3, 0.4) is 0 Å². The van der Waals surface area contributed by atoms with E-state index in [4.69, 9.17) is 4.42 Å². The van der Waals surface area contributed by atoms with Gasteiger partial charge in [0, 0.05) is 25.7 Å². The molecule has 0 N–H and O–H groups in total.